The number of β-amino-alcohol motifs (C(OH)–C–C–N with tert-alkyl or cyclic N) is 1. The third-order valence-electron chi connectivity index (χ3n) is 6.91. The summed E-state index contributed by atoms with van der Waals surface area (Å²) in [6.07, 6.45) is 4.12. The Morgan fingerprint density at radius 2 is 1.89 bits per heavy atom. The van der Waals surface area contributed by atoms with E-state index in [4.69, 9.17) is 9.84 Å². The Morgan fingerprint density at radius 3 is 2.58 bits per heavy atom. The molecule has 5 rings (SSSR count). The number of ether oxygens (including phenoxy) is 1. The van der Waals surface area contributed by atoms with Gasteiger partial charge in [0.2, 0.25) is 15.7 Å². The molecule has 3 aromatic rings. The molecule has 194 valence electrons. The van der Waals surface area contributed by atoms with Crippen LogP contribution in [-0.2, 0) is 10.0 Å². The fourth-order valence-electron chi connectivity index (χ4n) is 5.00. The molecule has 2 aromatic heterocycles. The van der Waals surface area contributed by atoms with Crippen LogP contribution in [0.5, 0.6) is 5.75 Å². The van der Waals surface area contributed by atoms with E-state index in [0.717, 1.165) is 25.7 Å². The van der Waals surface area contributed by atoms with Crippen LogP contribution in [0.15, 0.2) is 27.9 Å². The molecule has 12 nitrogen and oxygen atoms in total. The minimum atomic E-state index is -3.79. The topological polar surface area (TPSA) is 146 Å². The number of aromatic nitrogens is 5. The van der Waals surface area contributed by atoms with Crippen LogP contribution in [0.25, 0.3) is 17.0 Å². The number of nitrogens with one attached hydrogen (secondary N) is 1. The van der Waals surface area contributed by atoms with Gasteiger partial charge in [0.25, 0.3) is 5.56 Å². The summed E-state index contributed by atoms with van der Waals surface area (Å²) in [6, 6.07) is 4.62. The van der Waals surface area contributed by atoms with Crippen LogP contribution >= 0.6 is 0 Å². The van der Waals surface area contributed by atoms with Crippen molar-refractivity contribution in [1.82, 2.24) is 34.0 Å². The summed E-state index contributed by atoms with van der Waals surface area (Å²) in [4.78, 5) is 17.7. The van der Waals surface area contributed by atoms with Gasteiger partial charge in [-0.3, -0.25) is 9.69 Å². The molecular formula is C23H31N7O5S. The van der Waals surface area contributed by atoms with Gasteiger partial charge in [-0.2, -0.15) is 8.82 Å². The molecule has 36 heavy (non-hydrogen) atoms. The van der Waals surface area contributed by atoms with E-state index in [1.54, 1.807) is 6.07 Å². The first-order valence-corrected chi connectivity index (χ1v) is 13.8. The van der Waals surface area contributed by atoms with E-state index in [9.17, 15) is 13.2 Å². The number of fused-ring (bicyclic) bond motifs is 1. The van der Waals surface area contributed by atoms with Crippen molar-refractivity contribution in [2.75, 3.05) is 45.9 Å². The van der Waals surface area contributed by atoms with E-state index in [2.05, 4.69) is 20.3 Å². The SMILES string of the molecule is CCOc1ccc(S(=O)(=O)N2CCN(CCO)CC2)cc1-c1nn2c(C3CCCC3)nnc2c(=O)[nH]1. The zero-order valence-electron chi connectivity index (χ0n) is 20.3. The number of aromatic amines is 1. The van der Waals surface area contributed by atoms with Crippen molar-refractivity contribution in [2.24, 2.45) is 0 Å². The van der Waals surface area contributed by atoms with E-state index < -0.39 is 15.6 Å². The second-order valence-electron chi connectivity index (χ2n) is 9.14. The maximum Gasteiger partial charge on any atom is 0.296 e. The summed E-state index contributed by atoms with van der Waals surface area (Å²) < 4.78 is 35.6. The first-order valence-electron chi connectivity index (χ1n) is 12.4. The number of hydrogen-bond donors (Lipinski definition) is 2. The molecule has 0 bridgehead atoms. The smallest absolute Gasteiger partial charge is 0.296 e. The molecule has 2 N–H and O–H groups in total. The van der Waals surface area contributed by atoms with Gasteiger partial charge in [-0.15, -0.1) is 15.3 Å². The number of H-pyrrole nitrogens is 1. The van der Waals surface area contributed by atoms with Crippen molar-refractivity contribution in [2.45, 2.75) is 43.4 Å². The van der Waals surface area contributed by atoms with Gasteiger partial charge in [0.1, 0.15) is 5.75 Å². The van der Waals surface area contributed by atoms with Gasteiger partial charge in [0.05, 0.1) is 23.7 Å². The molecule has 2 aliphatic rings. The van der Waals surface area contributed by atoms with Crippen LogP contribution in [0.3, 0.4) is 0 Å². The Hall–Kier alpha value is -2.87. The first kappa shape index (κ1) is 24.8. The first-order chi connectivity index (χ1) is 17.4. The van der Waals surface area contributed by atoms with Crippen molar-refractivity contribution >= 4 is 15.7 Å². The highest BCUT2D eigenvalue weighted by Gasteiger charge is 2.30. The van der Waals surface area contributed by atoms with Gasteiger partial charge in [0.15, 0.2) is 11.6 Å². The van der Waals surface area contributed by atoms with E-state index in [1.165, 1.54) is 21.0 Å². The molecule has 1 saturated carbocycles. The number of nitrogens with zero attached hydrogens (tertiary/aromatic N) is 6. The zero-order valence-corrected chi connectivity index (χ0v) is 21.1. The second kappa shape index (κ2) is 10.2. The Balaban J connectivity index is 1.54. The van der Waals surface area contributed by atoms with E-state index in [-0.39, 0.29) is 28.9 Å². The summed E-state index contributed by atoms with van der Waals surface area (Å²) in [7, 11) is -3.79. The summed E-state index contributed by atoms with van der Waals surface area (Å²) in [5.41, 5.74) is 0.0394. The molecule has 0 radical (unpaired) electrons. The molecule has 13 heteroatoms. The van der Waals surface area contributed by atoms with Crippen molar-refractivity contribution in [3.05, 3.63) is 34.4 Å². The zero-order chi connectivity index (χ0) is 25.3. The summed E-state index contributed by atoms with van der Waals surface area (Å²) >= 11 is 0. The fourth-order valence-corrected chi connectivity index (χ4v) is 6.45. The van der Waals surface area contributed by atoms with Crippen LogP contribution in [0, 0.1) is 0 Å². The van der Waals surface area contributed by atoms with Crippen molar-refractivity contribution < 1.29 is 18.3 Å². The lowest BCUT2D eigenvalue weighted by molar-refractivity contribution is 0.151. The molecule has 1 aliphatic carbocycles. The average Bonchev–Trinajstić information content (AvgIpc) is 3.55. The van der Waals surface area contributed by atoms with Crippen molar-refractivity contribution in [3.8, 4) is 17.1 Å². The molecule has 1 aromatic carbocycles. The largest absolute Gasteiger partial charge is 0.493 e. The number of piperazine rings is 1. The minimum absolute atomic E-state index is 0.0411. The van der Waals surface area contributed by atoms with E-state index in [0.29, 0.717) is 56.5 Å². The molecule has 0 spiro atoms. The number of aliphatic hydroxyl groups is 1. The predicted octanol–water partition coefficient (Wildman–Crippen LogP) is 0.835. The van der Waals surface area contributed by atoms with Crippen LogP contribution in [0.4, 0.5) is 0 Å². The van der Waals surface area contributed by atoms with Crippen LogP contribution < -0.4 is 10.3 Å². The predicted molar refractivity (Wildman–Crippen MR) is 132 cm³/mol. The van der Waals surface area contributed by atoms with Crippen LogP contribution in [0.2, 0.25) is 0 Å². The van der Waals surface area contributed by atoms with Gasteiger partial charge in [-0.1, -0.05) is 12.8 Å². The third kappa shape index (κ3) is 4.63. The average molecular weight is 518 g/mol. The van der Waals surface area contributed by atoms with Crippen LogP contribution in [0.1, 0.15) is 44.3 Å². The lowest BCUT2D eigenvalue weighted by Gasteiger charge is -2.33. The van der Waals surface area contributed by atoms with Gasteiger partial charge < -0.3 is 14.8 Å². The Bertz CT molecular complexity index is 1390. The number of hydrogen-bond acceptors (Lipinski definition) is 9. The van der Waals surface area contributed by atoms with Gasteiger partial charge in [-0.05, 0) is 38.0 Å². The third-order valence-corrected chi connectivity index (χ3v) is 8.81. The molecular weight excluding hydrogens is 486 g/mol. The molecule has 0 unspecified atom stereocenters. The lowest BCUT2D eigenvalue weighted by Crippen LogP contribution is -2.49. The Labute approximate surface area is 209 Å². The highest BCUT2D eigenvalue weighted by molar-refractivity contribution is 7.89. The molecule has 0 amide bonds. The van der Waals surface area contributed by atoms with E-state index >= 15 is 0 Å². The summed E-state index contributed by atoms with van der Waals surface area (Å²) in [5, 5.41) is 22.1. The monoisotopic (exact) mass is 517 g/mol. The number of sulfonamides is 1. The van der Waals surface area contributed by atoms with Crippen molar-refractivity contribution in [3.63, 3.8) is 0 Å². The van der Waals surface area contributed by atoms with Crippen LogP contribution in [-0.4, -0.2) is 93.5 Å². The van der Waals surface area contributed by atoms with Crippen molar-refractivity contribution in [1.29, 1.82) is 0 Å². The number of aliphatic hydroxyl groups excluding tert-OH is 1. The highest BCUT2D eigenvalue weighted by atomic mass is 32.2. The summed E-state index contributed by atoms with van der Waals surface area (Å²) in [5.74, 6) is 1.45. The standard InChI is InChI=1S/C23H31N7O5S/c1-2-35-19-8-7-17(36(33,34)29-11-9-28(10-12-29)13-14-31)15-18(19)20-24-23(32)22-26-25-21(30(22)27-20)16-5-3-4-6-16/h7-8,15-16,31H,2-6,9-14H2,1H3,(H,24,27,32). The maximum absolute atomic E-state index is 13.5. The van der Waals surface area contributed by atoms with Gasteiger partial charge in [0, 0.05) is 38.6 Å². The second-order valence-corrected chi connectivity index (χ2v) is 11.1. The lowest BCUT2D eigenvalue weighted by atomic mass is 10.1. The quantitative estimate of drug-likeness (QED) is 0.444. The number of benzene rings is 1. The minimum Gasteiger partial charge on any atom is -0.493 e. The highest BCUT2D eigenvalue weighted by Crippen LogP contribution is 2.34. The Kier molecular flexibility index (Phi) is 7.06. The summed E-state index contributed by atoms with van der Waals surface area (Å²) in [6.45, 7) is 4.51. The molecule has 0 atom stereocenters. The molecule has 3 heterocycles. The number of rotatable bonds is 8. The fraction of sp³-hybridized carbons (Fsp3) is 0.565. The molecule has 1 aliphatic heterocycles. The molecule has 1 saturated heterocycles. The van der Waals surface area contributed by atoms with Gasteiger partial charge in [-0.25, -0.2) is 8.42 Å². The Morgan fingerprint density at radius 1 is 1.14 bits per heavy atom. The normalized spacial score (nSPS) is 18.3. The van der Waals surface area contributed by atoms with E-state index in [1.807, 2.05) is 11.8 Å². The maximum atomic E-state index is 13.5. The van der Waals surface area contributed by atoms with Gasteiger partial charge >= 0.3 is 0 Å². The molecule has 2 fully saturated rings.